The number of halogens is 1. The average molecular weight is 404 g/mol. The van der Waals surface area contributed by atoms with Crippen LogP contribution >= 0.6 is 12.4 Å². The first-order chi connectivity index (χ1) is 11.9. The van der Waals surface area contributed by atoms with Gasteiger partial charge in [0, 0.05) is 39.6 Å². The van der Waals surface area contributed by atoms with Crippen molar-refractivity contribution in [2.45, 2.75) is 30.8 Å². The predicted octanol–water partition coefficient (Wildman–Crippen LogP) is 0.404. The minimum Gasteiger partial charge on any atom is -0.374 e. The fourth-order valence-corrected chi connectivity index (χ4v) is 4.89. The van der Waals surface area contributed by atoms with Gasteiger partial charge in [-0.2, -0.15) is 4.31 Å². The molecule has 1 unspecified atom stereocenters. The van der Waals surface area contributed by atoms with Gasteiger partial charge in [-0.25, -0.2) is 8.42 Å². The van der Waals surface area contributed by atoms with Gasteiger partial charge in [-0.1, -0.05) is 6.07 Å². The lowest BCUT2D eigenvalue weighted by atomic mass is 10.0. The van der Waals surface area contributed by atoms with Crippen LogP contribution in [0.15, 0.2) is 23.1 Å². The zero-order valence-electron chi connectivity index (χ0n) is 14.9. The molecule has 0 bridgehead atoms. The minimum atomic E-state index is -3.56. The zero-order chi connectivity index (χ0) is 18.0. The van der Waals surface area contributed by atoms with Crippen molar-refractivity contribution >= 4 is 28.3 Å². The molecule has 0 radical (unpaired) electrons. The molecule has 1 atom stereocenters. The standard InChI is InChI=1S/C17H25N3O4S.ClH/c1-13(21)19-6-4-14-2-3-17(10-15(14)5-7-19)25(22,23)20-8-9-24-16(11-18)12-20;/h2-3,10,16H,4-9,11-12,18H2,1H3;1H. The van der Waals surface area contributed by atoms with Crippen LogP contribution in [0.2, 0.25) is 0 Å². The molecule has 1 aromatic rings. The van der Waals surface area contributed by atoms with Crippen LogP contribution in [0.3, 0.4) is 0 Å². The summed E-state index contributed by atoms with van der Waals surface area (Å²) in [5, 5.41) is 0. The second-order valence-corrected chi connectivity index (χ2v) is 8.47. The van der Waals surface area contributed by atoms with Gasteiger partial charge in [0.2, 0.25) is 15.9 Å². The first-order valence-electron chi connectivity index (χ1n) is 8.61. The van der Waals surface area contributed by atoms with E-state index in [0.29, 0.717) is 44.1 Å². The Morgan fingerprint density at radius 1 is 1.23 bits per heavy atom. The number of rotatable bonds is 3. The number of morpholine rings is 1. The second-order valence-electron chi connectivity index (χ2n) is 6.53. The summed E-state index contributed by atoms with van der Waals surface area (Å²) in [6.45, 7) is 4.16. The lowest BCUT2D eigenvalue weighted by molar-refractivity contribution is -0.128. The van der Waals surface area contributed by atoms with Crippen molar-refractivity contribution in [3.05, 3.63) is 29.3 Å². The van der Waals surface area contributed by atoms with E-state index in [-0.39, 0.29) is 31.0 Å². The Kier molecular flexibility index (Phi) is 7.04. The molecule has 0 saturated carbocycles. The first-order valence-corrected chi connectivity index (χ1v) is 10.0. The van der Waals surface area contributed by atoms with Gasteiger partial charge in [-0.05, 0) is 36.1 Å². The second kappa shape index (κ2) is 8.67. The third-order valence-electron chi connectivity index (χ3n) is 4.93. The van der Waals surface area contributed by atoms with Crippen LogP contribution in [0.4, 0.5) is 0 Å². The Balaban J connectivity index is 0.00000243. The Hall–Kier alpha value is -1.19. The molecule has 2 aliphatic rings. The fraction of sp³-hybridized carbons (Fsp3) is 0.588. The Morgan fingerprint density at radius 3 is 2.58 bits per heavy atom. The SMILES string of the molecule is CC(=O)N1CCc2ccc(S(=O)(=O)N3CCOC(CN)C3)cc2CC1.Cl. The summed E-state index contributed by atoms with van der Waals surface area (Å²) in [7, 11) is -3.56. The third-order valence-corrected chi connectivity index (χ3v) is 6.79. The average Bonchev–Trinajstić information content (AvgIpc) is 2.83. The van der Waals surface area contributed by atoms with Crippen molar-refractivity contribution in [3.63, 3.8) is 0 Å². The quantitative estimate of drug-likeness (QED) is 0.788. The van der Waals surface area contributed by atoms with E-state index in [1.165, 1.54) is 4.31 Å². The van der Waals surface area contributed by atoms with E-state index in [1.54, 1.807) is 19.1 Å². The number of amides is 1. The minimum absolute atomic E-state index is 0. The van der Waals surface area contributed by atoms with Gasteiger partial charge < -0.3 is 15.4 Å². The predicted molar refractivity (Wildman–Crippen MR) is 101 cm³/mol. The number of sulfonamides is 1. The molecule has 2 heterocycles. The summed E-state index contributed by atoms with van der Waals surface area (Å²) in [6, 6.07) is 5.32. The highest BCUT2D eigenvalue weighted by molar-refractivity contribution is 7.89. The van der Waals surface area contributed by atoms with Crippen LogP contribution in [0.25, 0.3) is 0 Å². The van der Waals surface area contributed by atoms with E-state index >= 15 is 0 Å². The largest absolute Gasteiger partial charge is 0.374 e. The molecule has 2 aliphatic heterocycles. The van der Waals surface area contributed by atoms with Crippen molar-refractivity contribution in [3.8, 4) is 0 Å². The van der Waals surface area contributed by atoms with Gasteiger partial charge in [-0.15, -0.1) is 12.4 Å². The Morgan fingerprint density at radius 2 is 1.92 bits per heavy atom. The van der Waals surface area contributed by atoms with Crippen LogP contribution in [0.1, 0.15) is 18.1 Å². The normalized spacial score (nSPS) is 21.5. The maximum atomic E-state index is 13.0. The molecule has 0 aliphatic carbocycles. The molecule has 0 spiro atoms. The number of hydrogen-bond donors (Lipinski definition) is 1. The lowest BCUT2D eigenvalue weighted by Crippen LogP contribution is -2.48. The van der Waals surface area contributed by atoms with Crippen molar-refractivity contribution in [1.82, 2.24) is 9.21 Å². The molecule has 26 heavy (non-hydrogen) atoms. The van der Waals surface area contributed by atoms with Crippen molar-refractivity contribution in [2.24, 2.45) is 5.73 Å². The molecule has 0 aromatic heterocycles. The topological polar surface area (TPSA) is 92.9 Å². The summed E-state index contributed by atoms with van der Waals surface area (Å²) in [4.78, 5) is 13.7. The van der Waals surface area contributed by atoms with Gasteiger partial charge in [-0.3, -0.25) is 4.79 Å². The zero-order valence-corrected chi connectivity index (χ0v) is 16.5. The summed E-state index contributed by atoms with van der Waals surface area (Å²) in [5.41, 5.74) is 7.74. The number of nitrogens with two attached hydrogens (primary N) is 1. The van der Waals surface area contributed by atoms with Crippen molar-refractivity contribution < 1.29 is 17.9 Å². The number of hydrogen-bond acceptors (Lipinski definition) is 5. The molecule has 1 fully saturated rings. The number of nitrogens with zero attached hydrogens (tertiary/aromatic N) is 2. The van der Waals surface area contributed by atoms with Crippen LogP contribution in [0, 0.1) is 0 Å². The summed E-state index contributed by atoms with van der Waals surface area (Å²) < 4.78 is 32.8. The van der Waals surface area contributed by atoms with E-state index in [0.717, 1.165) is 17.5 Å². The van der Waals surface area contributed by atoms with Crippen LogP contribution in [-0.2, 0) is 32.4 Å². The molecular formula is C17H26ClN3O4S. The van der Waals surface area contributed by atoms with E-state index in [9.17, 15) is 13.2 Å². The van der Waals surface area contributed by atoms with E-state index in [4.69, 9.17) is 10.5 Å². The highest BCUT2D eigenvalue weighted by Crippen LogP contribution is 2.24. The van der Waals surface area contributed by atoms with Crippen molar-refractivity contribution in [2.75, 3.05) is 39.3 Å². The van der Waals surface area contributed by atoms with Crippen molar-refractivity contribution in [1.29, 1.82) is 0 Å². The van der Waals surface area contributed by atoms with Crippen LogP contribution in [-0.4, -0.2) is 69.0 Å². The van der Waals surface area contributed by atoms with Gasteiger partial charge in [0.1, 0.15) is 0 Å². The highest BCUT2D eigenvalue weighted by Gasteiger charge is 2.31. The fourth-order valence-electron chi connectivity index (χ4n) is 3.38. The monoisotopic (exact) mass is 403 g/mol. The lowest BCUT2D eigenvalue weighted by Gasteiger charge is -2.31. The molecule has 1 aromatic carbocycles. The Bertz CT molecular complexity index is 756. The third kappa shape index (κ3) is 4.37. The van der Waals surface area contributed by atoms with E-state index < -0.39 is 10.0 Å². The van der Waals surface area contributed by atoms with Gasteiger partial charge >= 0.3 is 0 Å². The smallest absolute Gasteiger partial charge is 0.243 e. The molecule has 9 heteroatoms. The van der Waals surface area contributed by atoms with Gasteiger partial charge in [0.05, 0.1) is 17.6 Å². The number of benzene rings is 1. The summed E-state index contributed by atoms with van der Waals surface area (Å²) in [5.74, 6) is 0.0572. The number of ether oxygens (including phenoxy) is 1. The highest BCUT2D eigenvalue weighted by atomic mass is 35.5. The molecule has 146 valence electrons. The van der Waals surface area contributed by atoms with Crippen LogP contribution in [0.5, 0.6) is 0 Å². The maximum Gasteiger partial charge on any atom is 0.243 e. The van der Waals surface area contributed by atoms with E-state index in [1.807, 2.05) is 11.0 Å². The van der Waals surface area contributed by atoms with Crippen LogP contribution < -0.4 is 5.73 Å². The summed E-state index contributed by atoms with van der Waals surface area (Å²) >= 11 is 0. The van der Waals surface area contributed by atoms with Gasteiger partial charge in [0.15, 0.2) is 0 Å². The number of carbonyl (C=O) groups excluding carboxylic acids is 1. The molecular weight excluding hydrogens is 378 g/mol. The Labute approximate surface area is 160 Å². The van der Waals surface area contributed by atoms with Gasteiger partial charge in [0.25, 0.3) is 0 Å². The molecule has 1 saturated heterocycles. The molecule has 3 rings (SSSR count). The number of fused-ring (bicyclic) bond motifs is 1. The molecule has 7 nitrogen and oxygen atoms in total. The summed E-state index contributed by atoms with van der Waals surface area (Å²) in [6.07, 6.45) is 1.17. The first kappa shape index (κ1) is 21.1. The number of carbonyl (C=O) groups is 1. The van der Waals surface area contributed by atoms with E-state index in [2.05, 4.69) is 0 Å². The maximum absolute atomic E-state index is 13.0. The molecule has 1 amide bonds. The molecule has 2 N–H and O–H groups in total.